The van der Waals surface area contributed by atoms with Crippen LogP contribution in [0.1, 0.15) is 31.7 Å². The Balaban J connectivity index is 2.23. The van der Waals surface area contributed by atoms with Crippen molar-refractivity contribution in [3.05, 3.63) is 42.0 Å². The van der Waals surface area contributed by atoms with E-state index < -0.39 is 0 Å². The molecule has 16 heavy (non-hydrogen) atoms. The third kappa shape index (κ3) is 4.99. The van der Waals surface area contributed by atoms with Crippen LogP contribution in [0.15, 0.2) is 36.4 Å². The molecule has 2 N–H and O–H groups in total. The summed E-state index contributed by atoms with van der Waals surface area (Å²) >= 11 is 0. The molecule has 0 aliphatic carbocycles. The summed E-state index contributed by atoms with van der Waals surface area (Å²) in [6.45, 7) is 3.48. The van der Waals surface area contributed by atoms with Crippen molar-refractivity contribution in [3.63, 3.8) is 0 Å². The molecule has 0 unspecified atom stereocenters. The van der Waals surface area contributed by atoms with Gasteiger partial charge in [0.05, 0.1) is 6.61 Å². The van der Waals surface area contributed by atoms with Crippen molar-refractivity contribution >= 4 is 0 Å². The summed E-state index contributed by atoms with van der Waals surface area (Å²) in [7, 11) is 0. The molecule has 0 heterocycles. The predicted octanol–water partition coefficient (Wildman–Crippen LogP) is 3.27. The lowest BCUT2D eigenvalue weighted by molar-refractivity contribution is 0.312. The van der Waals surface area contributed by atoms with Gasteiger partial charge in [0, 0.05) is 6.54 Å². The van der Waals surface area contributed by atoms with Gasteiger partial charge in [-0.25, -0.2) is 0 Å². The topological polar surface area (TPSA) is 35.2 Å². The third-order valence-electron chi connectivity index (χ3n) is 2.32. The highest BCUT2D eigenvalue weighted by Gasteiger charge is 1.94. The number of unbranched alkanes of at least 4 members (excludes halogenated alkanes) is 1. The largest absolute Gasteiger partial charge is 0.494 e. The summed E-state index contributed by atoms with van der Waals surface area (Å²) < 4.78 is 5.64. The first kappa shape index (κ1) is 12.8. The highest BCUT2D eigenvalue weighted by Crippen LogP contribution is 2.13. The molecule has 0 radical (unpaired) electrons. The molecule has 0 saturated heterocycles. The zero-order chi connectivity index (χ0) is 11.6. The first-order chi connectivity index (χ1) is 7.86. The summed E-state index contributed by atoms with van der Waals surface area (Å²) in [6.07, 6.45) is 7.65. The molecule has 0 aromatic heterocycles. The van der Waals surface area contributed by atoms with Crippen molar-refractivity contribution in [2.75, 3.05) is 6.61 Å². The second-order valence-corrected chi connectivity index (χ2v) is 3.72. The van der Waals surface area contributed by atoms with Gasteiger partial charge in [-0.2, -0.15) is 0 Å². The average Bonchev–Trinajstić information content (AvgIpc) is 2.34. The average molecular weight is 219 g/mol. The Morgan fingerprint density at radius 3 is 2.94 bits per heavy atom. The van der Waals surface area contributed by atoms with Crippen molar-refractivity contribution in [1.82, 2.24) is 0 Å². The Morgan fingerprint density at radius 1 is 1.31 bits per heavy atom. The fourth-order valence-corrected chi connectivity index (χ4v) is 1.44. The van der Waals surface area contributed by atoms with Crippen molar-refractivity contribution in [1.29, 1.82) is 0 Å². The number of ether oxygens (including phenoxy) is 1. The second-order valence-electron chi connectivity index (χ2n) is 3.72. The number of hydrogen-bond donors (Lipinski definition) is 1. The van der Waals surface area contributed by atoms with Crippen molar-refractivity contribution in [3.8, 4) is 5.75 Å². The van der Waals surface area contributed by atoms with Gasteiger partial charge >= 0.3 is 0 Å². The summed E-state index contributed by atoms with van der Waals surface area (Å²) in [5, 5.41) is 0. The Bertz CT molecular complexity index is 320. The quantitative estimate of drug-likeness (QED) is 0.564. The van der Waals surface area contributed by atoms with Crippen molar-refractivity contribution in [2.45, 2.75) is 32.7 Å². The maximum absolute atomic E-state index is 5.64. The van der Waals surface area contributed by atoms with Crippen LogP contribution >= 0.6 is 0 Å². The highest BCUT2D eigenvalue weighted by molar-refractivity contribution is 5.28. The molecule has 0 aliphatic heterocycles. The van der Waals surface area contributed by atoms with Crippen LogP contribution in [-0.2, 0) is 6.54 Å². The first-order valence-corrected chi connectivity index (χ1v) is 5.93. The number of hydrogen-bond acceptors (Lipinski definition) is 2. The van der Waals surface area contributed by atoms with E-state index in [9.17, 15) is 0 Å². The molecule has 1 aromatic rings. The zero-order valence-corrected chi connectivity index (χ0v) is 9.99. The number of nitrogens with two attached hydrogens (primary N) is 1. The maximum Gasteiger partial charge on any atom is 0.119 e. The van der Waals surface area contributed by atoms with Crippen molar-refractivity contribution < 1.29 is 4.74 Å². The van der Waals surface area contributed by atoms with E-state index in [4.69, 9.17) is 10.5 Å². The van der Waals surface area contributed by atoms with E-state index in [0.29, 0.717) is 6.54 Å². The van der Waals surface area contributed by atoms with Crippen LogP contribution in [0.4, 0.5) is 0 Å². The van der Waals surface area contributed by atoms with Gasteiger partial charge in [0.15, 0.2) is 0 Å². The molecule has 0 fully saturated rings. The van der Waals surface area contributed by atoms with Gasteiger partial charge in [0.1, 0.15) is 5.75 Å². The molecule has 0 aliphatic rings. The summed E-state index contributed by atoms with van der Waals surface area (Å²) in [5.41, 5.74) is 6.68. The van der Waals surface area contributed by atoms with Gasteiger partial charge in [0.2, 0.25) is 0 Å². The normalized spacial score (nSPS) is 10.9. The lowest BCUT2D eigenvalue weighted by Crippen LogP contribution is -1.99. The van der Waals surface area contributed by atoms with E-state index in [1.807, 2.05) is 24.3 Å². The summed E-state index contributed by atoms with van der Waals surface area (Å²) in [5.74, 6) is 0.919. The van der Waals surface area contributed by atoms with Gasteiger partial charge in [-0.05, 0) is 37.0 Å². The monoisotopic (exact) mass is 219 g/mol. The van der Waals surface area contributed by atoms with Gasteiger partial charge in [-0.15, -0.1) is 0 Å². The maximum atomic E-state index is 5.64. The van der Waals surface area contributed by atoms with Crippen molar-refractivity contribution in [2.24, 2.45) is 5.73 Å². The molecule has 88 valence electrons. The minimum Gasteiger partial charge on any atom is -0.494 e. The number of rotatable bonds is 7. The van der Waals surface area contributed by atoms with E-state index in [1.54, 1.807) is 0 Å². The van der Waals surface area contributed by atoms with Crippen LogP contribution in [0, 0.1) is 0 Å². The lowest BCUT2D eigenvalue weighted by Gasteiger charge is -2.06. The van der Waals surface area contributed by atoms with Gasteiger partial charge < -0.3 is 10.5 Å². The fourth-order valence-electron chi connectivity index (χ4n) is 1.44. The molecule has 0 bridgehead atoms. The van der Waals surface area contributed by atoms with Gasteiger partial charge in [0.25, 0.3) is 0 Å². The number of allylic oxidation sites excluding steroid dienone is 2. The second kappa shape index (κ2) is 7.94. The van der Waals surface area contributed by atoms with Crippen LogP contribution in [-0.4, -0.2) is 6.61 Å². The van der Waals surface area contributed by atoms with Crippen LogP contribution < -0.4 is 10.5 Å². The molecule has 0 amide bonds. The van der Waals surface area contributed by atoms with E-state index in [2.05, 4.69) is 19.1 Å². The first-order valence-electron chi connectivity index (χ1n) is 5.93. The van der Waals surface area contributed by atoms with Gasteiger partial charge in [-0.1, -0.05) is 31.2 Å². The van der Waals surface area contributed by atoms with Crippen LogP contribution in [0.3, 0.4) is 0 Å². The summed E-state index contributed by atoms with van der Waals surface area (Å²) in [6, 6.07) is 7.97. The minimum atomic E-state index is 0.566. The van der Waals surface area contributed by atoms with Gasteiger partial charge in [-0.3, -0.25) is 0 Å². The summed E-state index contributed by atoms with van der Waals surface area (Å²) in [4.78, 5) is 0. The van der Waals surface area contributed by atoms with E-state index in [1.165, 1.54) is 0 Å². The Hall–Kier alpha value is -1.28. The fraction of sp³-hybridized carbons (Fsp3) is 0.429. The minimum absolute atomic E-state index is 0.566. The Morgan fingerprint density at radius 2 is 2.19 bits per heavy atom. The highest BCUT2D eigenvalue weighted by atomic mass is 16.5. The van der Waals surface area contributed by atoms with E-state index in [-0.39, 0.29) is 0 Å². The van der Waals surface area contributed by atoms with Crippen LogP contribution in [0.25, 0.3) is 0 Å². The molecule has 0 spiro atoms. The molecule has 2 heteroatoms. The molecule has 1 rings (SSSR count). The number of benzene rings is 1. The zero-order valence-electron chi connectivity index (χ0n) is 9.99. The SMILES string of the molecule is CCC=CCCCOc1cccc(CN)c1. The molecule has 1 aromatic carbocycles. The molecule has 2 nitrogen and oxygen atoms in total. The van der Waals surface area contributed by atoms with E-state index >= 15 is 0 Å². The predicted molar refractivity (Wildman–Crippen MR) is 68.5 cm³/mol. The smallest absolute Gasteiger partial charge is 0.119 e. The molecular formula is C14H21NO. The standard InChI is InChI=1S/C14H21NO/c1-2-3-4-5-6-10-16-14-9-7-8-13(11-14)12-15/h3-4,7-9,11H,2,5-6,10,12,15H2,1H3. The lowest BCUT2D eigenvalue weighted by atomic mass is 10.2. The van der Waals surface area contributed by atoms with Crippen LogP contribution in [0.5, 0.6) is 5.75 Å². The molecule has 0 saturated carbocycles. The van der Waals surface area contributed by atoms with E-state index in [0.717, 1.165) is 37.2 Å². The Labute approximate surface area is 98.1 Å². The Kier molecular flexibility index (Phi) is 6.35. The molecule has 0 atom stereocenters. The van der Waals surface area contributed by atoms with Crippen LogP contribution in [0.2, 0.25) is 0 Å². The third-order valence-corrected chi connectivity index (χ3v) is 2.32. The molecular weight excluding hydrogens is 198 g/mol.